The molecule has 38 heavy (non-hydrogen) atoms. The first-order valence-corrected chi connectivity index (χ1v) is 14.8. The molecular formula is C29H50N2O7. The van der Waals surface area contributed by atoms with Crippen molar-refractivity contribution in [2.45, 2.75) is 122 Å². The molecule has 6 fully saturated rings. The topological polar surface area (TPSA) is 78.9 Å². The van der Waals surface area contributed by atoms with E-state index in [2.05, 4.69) is 32.7 Å². The van der Waals surface area contributed by atoms with Crippen molar-refractivity contribution in [1.29, 1.82) is 0 Å². The first kappa shape index (κ1) is 28.6. The van der Waals surface area contributed by atoms with Crippen LogP contribution in [0.25, 0.3) is 0 Å². The molecule has 6 rings (SSSR count). The number of ether oxygens (including phenoxy) is 4. The fourth-order valence-corrected chi connectivity index (χ4v) is 7.63. The van der Waals surface area contributed by atoms with Crippen LogP contribution in [0.1, 0.15) is 87.0 Å². The van der Waals surface area contributed by atoms with Crippen LogP contribution in [0.4, 0.5) is 4.79 Å². The van der Waals surface area contributed by atoms with Crippen LogP contribution in [0, 0.1) is 23.7 Å². The van der Waals surface area contributed by atoms with E-state index in [0.29, 0.717) is 37.6 Å². The Bertz CT molecular complexity index is 873. The lowest BCUT2D eigenvalue weighted by Crippen LogP contribution is -2.73. The number of rotatable bonds is 5. The molecule has 1 aliphatic carbocycles. The van der Waals surface area contributed by atoms with E-state index in [1.165, 1.54) is 6.42 Å². The third-order valence-electron chi connectivity index (χ3n) is 10.1. The van der Waals surface area contributed by atoms with Crippen LogP contribution >= 0.6 is 0 Å². The molecule has 5 heterocycles. The van der Waals surface area contributed by atoms with Gasteiger partial charge in [-0.25, -0.2) is 14.6 Å². The van der Waals surface area contributed by atoms with Crippen LogP contribution in [0.3, 0.4) is 0 Å². The van der Waals surface area contributed by atoms with E-state index in [0.717, 1.165) is 38.6 Å². The van der Waals surface area contributed by atoms with Crippen molar-refractivity contribution in [3.05, 3.63) is 0 Å². The largest absolute Gasteiger partial charge is 0.444 e. The Hall–Kier alpha value is -0.970. The molecule has 6 aliphatic rings. The van der Waals surface area contributed by atoms with Gasteiger partial charge in [0.1, 0.15) is 5.60 Å². The van der Waals surface area contributed by atoms with Crippen molar-refractivity contribution in [3.63, 3.8) is 0 Å². The lowest BCUT2D eigenvalue weighted by Gasteiger charge is -2.62. The van der Waals surface area contributed by atoms with Gasteiger partial charge in [0, 0.05) is 43.9 Å². The lowest BCUT2D eigenvalue weighted by atomic mass is 9.57. The summed E-state index contributed by atoms with van der Waals surface area (Å²) in [4.78, 5) is 28.8. The van der Waals surface area contributed by atoms with E-state index >= 15 is 0 Å². The average molecular weight is 539 g/mol. The minimum absolute atomic E-state index is 0.130. The van der Waals surface area contributed by atoms with Gasteiger partial charge in [0.05, 0.1) is 6.61 Å². The van der Waals surface area contributed by atoms with E-state index in [1.807, 2.05) is 32.6 Å². The highest BCUT2D eigenvalue weighted by molar-refractivity contribution is 5.68. The highest BCUT2D eigenvalue weighted by atomic mass is 17.3. The number of hydrogen-bond acceptors (Lipinski definition) is 8. The maximum atomic E-state index is 12.4. The number of amides is 1. The van der Waals surface area contributed by atoms with Gasteiger partial charge in [0.15, 0.2) is 17.7 Å². The van der Waals surface area contributed by atoms with Gasteiger partial charge >= 0.3 is 6.09 Å². The second-order valence-electron chi connectivity index (χ2n) is 13.9. The van der Waals surface area contributed by atoms with Crippen molar-refractivity contribution in [2.24, 2.45) is 23.7 Å². The van der Waals surface area contributed by atoms with Gasteiger partial charge in [-0.3, -0.25) is 0 Å². The zero-order valence-corrected chi connectivity index (χ0v) is 24.8. The third-order valence-corrected chi connectivity index (χ3v) is 10.1. The Kier molecular flexibility index (Phi) is 7.62. The zero-order chi connectivity index (χ0) is 27.5. The minimum atomic E-state index is -0.784. The summed E-state index contributed by atoms with van der Waals surface area (Å²) in [7, 11) is 2.14. The molecule has 0 aromatic rings. The van der Waals surface area contributed by atoms with Crippen molar-refractivity contribution >= 4 is 6.09 Å². The quantitative estimate of drug-likeness (QED) is 0.456. The van der Waals surface area contributed by atoms with Crippen molar-refractivity contribution in [1.82, 2.24) is 9.80 Å². The molecule has 218 valence electrons. The molecule has 5 aliphatic heterocycles. The monoisotopic (exact) mass is 538 g/mol. The molecule has 9 nitrogen and oxygen atoms in total. The standard InChI is InChI=1S/C29H50N2O7/c1-19-9-10-23-20(2)28(7,35-24-29(23)22(19)11-14-27(6,34-24)37-38-29)33-18-17-30(8)21-12-15-31(16-13-21)25(32)36-26(3,4)5/h19-24H,9-18H2,1-8H3/t19-,20-,22?,23+,24+,27+,28+,29-/m1/s1. The maximum absolute atomic E-state index is 12.4. The second-order valence-corrected chi connectivity index (χ2v) is 13.9. The van der Waals surface area contributed by atoms with Crippen LogP contribution < -0.4 is 0 Å². The summed E-state index contributed by atoms with van der Waals surface area (Å²) >= 11 is 0. The summed E-state index contributed by atoms with van der Waals surface area (Å²) in [6, 6.07) is 0.407. The van der Waals surface area contributed by atoms with Gasteiger partial charge in [0.25, 0.3) is 0 Å². The van der Waals surface area contributed by atoms with E-state index in [-0.39, 0.29) is 17.9 Å². The first-order chi connectivity index (χ1) is 17.8. The maximum Gasteiger partial charge on any atom is 0.410 e. The Morgan fingerprint density at radius 3 is 2.39 bits per heavy atom. The minimum Gasteiger partial charge on any atom is -0.444 e. The molecule has 0 N–H and O–H groups in total. The molecule has 0 aromatic carbocycles. The molecule has 1 amide bonds. The number of nitrogens with zero attached hydrogens (tertiary/aromatic N) is 2. The number of carbonyl (C=O) groups excluding carboxylic acids is 1. The van der Waals surface area contributed by atoms with Gasteiger partial charge in [-0.15, -0.1) is 0 Å². The molecule has 1 spiro atoms. The molecule has 5 saturated heterocycles. The molecule has 1 saturated carbocycles. The average Bonchev–Trinajstić information content (AvgIpc) is 3.07. The van der Waals surface area contributed by atoms with Crippen molar-refractivity contribution in [3.8, 4) is 0 Å². The zero-order valence-electron chi connectivity index (χ0n) is 24.8. The summed E-state index contributed by atoms with van der Waals surface area (Å²) in [5.74, 6) is -0.293. The number of likely N-dealkylation sites (tertiary alicyclic amines) is 1. The molecule has 2 bridgehead atoms. The highest BCUT2D eigenvalue weighted by Gasteiger charge is 2.71. The summed E-state index contributed by atoms with van der Waals surface area (Å²) in [5.41, 5.74) is -1.04. The number of carbonyl (C=O) groups is 1. The Morgan fingerprint density at radius 2 is 1.71 bits per heavy atom. The normalized spacial score (nSPS) is 43.6. The lowest BCUT2D eigenvalue weighted by molar-refractivity contribution is -0.585. The van der Waals surface area contributed by atoms with Gasteiger partial charge < -0.3 is 28.7 Å². The molecular weight excluding hydrogens is 488 g/mol. The van der Waals surface area contributed by atoms with E-state index in [4.69, 9.17) is 28.7 Å². The van der Waals surface area contributed by atoms with Crippen molar-refractivity contribution < 1.29 is 33.5 Å². The number of hydrogen-bond donors (Lipinski definition) is 0. The summed E-state index contributed by atoms with van der Waals surface area (Å²) in [5, 5.41) is 0. The van der Waals surface area contributed by atoms with Crippen LogP contribution in [0.5, 0.6) is 0 Å². The Labute approximate surface area is 228 Å². The second kappa shape index (κ2) is 10.1. The predicted octanol–water partition coefficient (Wildman–Crippen LogP) is 4.93. The molecule has 0 radical (unpaired) electrons. The Balaban J connectivity index is 1.18. The van der Waals surface area contributed by atoms with E-state index in [1.54, 1.807) is 0 Å². The first-order valence-electron chi connectivity index (χ1n) is 14.8. The Morgan fingerprint density at radius 1 is 1.00 bits per heavy atom. The smallest absolute Gasteiger partial charge is 0.410 e. The highest BCUT2D eigenvalue weighted by Crippen LogP contribution is 2.62. The number of fused-ring (bicyclic) bond motifs is 2. The summed E-state index contributed by atoms with van der Waals surface area (Å²) < 4.78 is 25.3. The number of likely N-dealkylation sites (N-methyl/N-ethyl adjacent to an activating group) is 1. The number of piperidine rings is 1. The fourth-order valence-electron chi connectivity index (χ4n) is 7.63. The molecule has 9 heteroatoms. The van der Waals surface area contributed by atoms with Crippen LogP contribution in [0.15, 0.2) is 0 Å². The van der Waals surface area contributed by atoms with Gasteiger partial charge in [0.2, 0.25) is 5.79 Å². The van der Waals surface area contributed by atoms with Gasteiger partial charge in [-0.05, 0) is 85.6 Å². The third kappa shape index (κ3) is 5.12. The fraction of sp³-hybridized carbons (Fsp3) is 0.966. The SMILES string of the molecule is C[C@@H]1CC[C@H]2[C@@H](C)[C@@](C)(OCCN(C)C3CCN(C(=O)OC(C)(C)C)CC3)O[C@@H]3O[C@]4(C)CCC1[C@]32OO4. The van der Waals surface area contributed by atoms with Crippen LogP contribution in [-0.2, 0) is 28.7 Å². The predicted molar refractivity (Wildman–Crippen MR) is 141 cm³/mol. The van der Waals surface area contributed by atoms with Gasteiger partial charge in [-0.1, -0.05) is 13.8 Å². The van der Waals surface area contributed by atoms with Crippen LogP contribution in [0.2, 0.25) is 0 Å². The van der Waals surface area contributed by atoms with Crippen LogP contribution in [-0.4, -0.2) is 84.3 Å². The van der Waals surface area contributed by atoms with Crippen molar-refractivity contribution in [2.75, 3.05) is 33.3 Å². The van der Waals surface area contributed by atoms with Gasteiger partial charge in [-0.2, -0.15) is 0 Å². The van der Waals surface area contributed by atoms with E-state index < -0.39 is 29.1 Å². The molecule has 1 unspecified atom stereocenters. The van der Waals surface area contributed by atoms with E-state index in [9.17, 15) is 4.79 Å². The summed E-state index contributed by atoms with van der Waals surface area (Å²) in [6.07, 6.45) is 5.19. The molecule has 8 atom stereocenters. The summed E-state index contributed by atoms with van der Waals surface area (Å²) in [6.45, 7) is 17.1. The molecule has 0 aromatic heterocycles.